The molecule has 1 fully saturated rings. The van der Waals surface area contributed by atoms with Gasteiger partial charge >= 0.3 is 0 Å². The number of nitrogens with two attached hydrogens (primary N) is 1. The number of fused-ring (bicyclic) bond motifs is 1. The van der Waals surface area contributed by atoms with Crippen LogP contribution in [0, 0.1) is 5.41 Å². The summed E-state index contributed by atoms with van der Waals surface area (Å²) in [5, 5.41) is 0. The van der Waals surface area contributed by atoms with E-state index in [1.807, 2.05) is 23.1 Å². The molecule has 1 atom stereocenters. The molecule has 0 bridgehead atoms. The van der Waals surface area contributed by atoms with E-state index in [0.29, 0.717) is 19.6 Å². The van der Waals surface area contributed by atoms with Gasteiger partial charge in [-0.25, -0.2) is 0 Å². The second-order valence-corrected chi connectivity index (χ2v) is 8.62. The number of rotatable bonds is 4. The summed E-state index contributed by atoms with van der Waals surface area (Å²) in [6, 6.07) is 6.18. The van der Waals surface area contributed by atoms with Crippen molar-refractivity contribution in [1.82, 2.24) is 4.90 Å². The summed E-state index contributed by atoms with van der Waals surface area (Å²) in [5.74, 6) is 2.61. The van der Waals surface area contributed by atoms with E-state index in [1.54, 1.807) is 11.8 Å². The van der Waals surface area contributed by atoms with Gasteiger partial charge in [0.2, 0.25) is 5.91 Å². The Labute approximate surface area is 154 Å². The van der Waals surface area contributed by atoms with Crippen molar-refractivity contribution in [1.29, 1.82) is 0 Å². The van der Waals surface area contributed by atoms with Crippen LogP contribution in [0.25, 0.3) is 0 Å². The van der Waals surface area contributed by atoms with Crippen LogP contribution in [-0.4, -0.2) is 48.9 Å². The zero-order valence-electron chi connectivity index (χ0n) is 15.1. The SMILES string of the molecule is CC1(C)CN(C(=O)CCSc2ccc3c(c2)OCCCO3)CCC1N. The molecule has 1 aromatic rings. The van der Waals surface area contributed by atoms with Crippen molar-refractivity contribution in [2.24, 2.45) is 11.1 Å². The molecule has 5 nitrogen and oxygen atoms in total. The highest BCUT2D eigenvalue weighted by atomic mass is 32.2. The molecule has 0 saturated carbocycles. The van der Waals surface area contributed by atoms with Gasteiger partial charge in [0.05, 0.1) is 13.2 Å². The highest BCUT2D eigenvalue weighted by Crippen LogP contribution is 2.34. The number of hydrogen-bond acceptors (Lipinski definition) is 5. The number of benzene rings is 1. The topological polar surface area (TPSA) is 64.8 Å². The molecular weight excluding hydrogens is 336 g/mol. The second kappa shape index (κ2) is 7.87. The molecule has 2 N–H and O–H groups in total. The molecule has 2 aliphatic rings. The molecule has 1 unspecified atom stereocenters. The van der Waals surface area contributed by atoms with Gasteiger partial charge in [0.15, 0.2) is 11.5 Å². The van der Waals surface area contributed by atoms with Gasteiger partial charge in [-0.3, -0.25) is 4.79 Å². The van der Waals surface area contributed by atoms with Gasteiger partial charge in [0.1, 0.15) is 0 Å². The van der Waals surface area contributed by atoms with Crippen molar-refractivity contribution < 1.29 is 14.3 Å². The molecule has 3 rings (SSSR count). The molecule has 0 spiro atoms. The Kier molecular flexibility index (Phi) is 5.79. The molecule has 6 heteroatoms. The van der Waals surface area contributed by atoms with Crippen LogP contribution in [0.1, 0.15) is 33.1 Å². The van der Waals surface area contributed by atoms with E-state index in [1.165, 1.54) is 0 Å². The first kappa shape index (κ1) is 18.4. The Bertz CT molecular complexity index is 621. The molecular formula is C19H28N2O3S. The van der Waals surface area contributed by atoms with Crippen molar-refractivity contribution >= 4 is 17.7 Å². The third-order valence-electron chi connectivity index (χ3n) is 4.97. The Balaban J connectivity index is 1.49. The van der Waals surface area contributed by atoms with Crippen molar-refractivity contribution in [2.75, 3.05) is 32.1 Å². The van der Waals surface area contributed by atoms with E-state index < -0.39 is 0 Å². The predicted molar refractivity (Wildman–Crippen MR) is 100 cm³/mol. The first-order chi connectivity index (χ1) is 12.0. The molecule has 138 valence electrons. The van der Waals surface area contributed by atoms with Gasteiger partial charge in [0, 0.05) is 42.6 Å². The van der Waals surface area contributed by atoms with Crippen LogP contribution in [0.4, 0.5) is 0 Å². The van der Waals surface area contributed by atoms with Crippen molar-refractivity contribution in [3.05, 3.63) is 18.2 Å². The van der Waals surface area contributed by atoms with Gasteiger partial charge in [-0.15, -0.1) is 11.8 Å². The summed E-state index contributed by atoms with van der Waals surface area (Å²) in [7, 11) is 0. The van der Waals surface area contributed by atoms with Crippen molar-refractivity contribution in [2.45, 2.75) is 44.0 Å². The van der Waals surface area contributed by atoms with E-state index in [0.717, 1.165) is 48.1 Å². The molecule has 2 aliphatic heterocycles. The first-order valence-electron chi connectivity index (χ1n) is 9.01. The standard InChI is InChI=1S/C19H28N2O3S/c1-19(2)13-21(8-6-17(19)20)18(22)7-11-25-14-4-5-15-16(12-14)24-10-3-9-23-15/h4-5,12,17H,3,6-11,13,20H2,1-2H3. The summed E-state index contributed by atoms with van der Waals surface area (Å²) >= 11 is 1.69. The summed E-state index contributed by atoms with van der Waals surface area (Å²) < 4.78 is 11.4. The highest BCUT2D eigenvalue weighted by molar-refractivity contribution is 7.99. The lowest BCUT2D eigenvalue weighted by Crippen LogP contribution is -2.54. The number of carbonyl (C=O) groups excluding carboxylic acids is 1. The fourth-order valence-corrected chi connectivity index (χ4v) is 4.10. The summed E-state index contributed by atoms with van der Waals surface area (Å²) in [6.45, 7) is 7.20. The molecule has 1 amide bonds. The average molecular weight is 365 g/mol. The van der Waals surface area contributed by atoms with Gasteiger partial charge in [-0.2, -0.15) is 0 Å². The largest absolute Gasteiger partial charge is 0.490 e. The lowest BCUT2D eigenvalue weighted by molar-refractivity contribution is -0.134. The average Bonchev–Trinajstić information content (AvgIpc) is 2.82. The number of carbonyl (C=O) groups is 1. The smallest absolute Gasteiger partial charge is 0.223 e. The number of ether oxygens (including phenoxy) is 2. The fourth-order valence-electron chi connectivity index (χ4n) is 3.23. The highest BCUT2D eigenvalue weighted by Gasteiger charge is 2.35. The number of likely N-dealkylation sites (tertiary alicyclic amines) is 1. The molecule has 1 saturated heterocycles. The Morgan fingerprint density at radius 3 is 2.84 bits per heavy atom. The maximum Gasteiger partial charge on any atom is 0.223 e. The minimum atomic E-state index is -0.00457. The third-order valence-corrected chi connectivity index (χ3v) is 5.96. The number of amides is 1. The van der Waals surface area contributed by atoms with E-state index >= 15 is 0 Å². The summed E-state index contributed by atoms with van der Waals surface area (Å²) in [6.07, 6.45) is 2.33. The monoisotopic (exact) mass is 364 g/mol. The maximum atomic E-state index is 12.5. The number of nitrogens with zero attached hydrogens (tertiary/aromatic N) is 1. The van der Waals surface area contributed by atoms with Gasteiger partial charge in [0.25, 0.3) is 0 Å². The second-order valence-electron chi connectivity index (χ2n) is 7.46. The minimum Gasteiger partial charge on any atom is -0.490 e. The van der Waals surface area contributed by atoms with Crippen LogP contribution < -0.4 is 15.2 Å². The minimum absolute atomic E-state index is 0.00457. The van der Waals surface area contributed by atoms with E-state index in [-0.39, 0.29) is 17.4 Å². The van der Waals surface area contributed by atoms with E-state index in [4.69, 9.17) is 15.2 Å². The molecule has 1 aromatic carbocycles. The first-order valence-corrected chi connectivity index (χ1v) is 10.00. The molecule has 0 radical (unpaired) electrons. The van der Waals surface area contributed by atoms with Gasteiger partial charge in [-0.1, -0.05) is 13.8 Å². The third kappa shape index (κ3) is 4.61. The molecule has 25 heavy (non-hydrogen) atoms. The van der Waals surface area contributed by atoms with Crippen LogP contribution in [0.3, 0.4) is 0 Å². The number of hydrogen-bond donors (Lipinski definition) is 1. The van der Waals surface area contributed by atoms with Gasteiger partial charge < -0.3 is 20.1 Å². The normalized spacial score (nSPS) is 22.4. The zero-order valence-corrected chi connectivity index (χ0v) is 15.9. The van der Waals surface area contributed by atoms with Crippen LogP contribution in [-0.2, 0) is 4.79 Å². The quantitative estimate of drug-likeness (QED) is 0.832. The van der Waals surface area contributed by atoms with Crippen LogP contribution >= 0.6 is 11.8 Å². The maximum absolute atomic E-state index is 12.5. The molecule has 0 aromatic heterocycles. The number of thioether (sulfide) groups is 1. The Morgan fingerprint density at radius 2 is 2.08 bits per heavy atom. The van der Waals surface area contributed by atoms with Crippen molar-refractivity contribution in [3.63, 3.8) is 0 Å². The summed E-state index contributed by atoms with van der Waals surface area (Å²) in [4.78, 5) is 15.6. The Morgan fingerprint density at radius 1 is 1.32 bits per heavy atom. The van der Waals surface area contributed by atoms with Crippen LogP contribution in [0.15, 0.2) is 23.1 Å². The van der Waals surface area contributed by atoms with E-state index in [2.05, 4.69) is 13.8 Å². The van der Waals surface area contributed by atoms with Crippen LogP contribution in [0.2, 0.25) is 0 Å². The summed E-state index contributed by atoms with van der Waals surface area (Å²) in [5.41, 5.74) is 6.15. The van der Waals surface area contributed by atoms with Crippen LogP contribution in [0.5, 0.6) is 11.5 Å². The van der Waals surface area contributed by atoms with Gasteiger partial charge in [-0.05, 0) is 30.0 Å². The fraction of sp³-hybridized carbons (Fsp3) is 0.632. The Hall–Kier alpha value is -1.40. The predicted octanol–water partition coefficient (Wildman–Crippen LogP) is 2.92. The number of piperidine rings is 1. The zero-order chi connectivity index (χ0) is 17.9. The lowest BCUT2D eigenvalue weighted by atomic mass is 9.79. The van der Waals surface area contributed by atoms with Crippen molar-refractivity contribution in [3.8, 4) is 11.5 Å². The molecule has 2 heterocycles. The molecule has 0 aliphatic carbocycles. The lowest BCUT2D eigenvalue weighted by Gasteiger charge is -2.42. The van der Waals surface area contributed by atoms with E-state index in [9.17, 15) is 4.79 Å².